The normalized spacial score (nSPS) is 29.0. The molecule has 0 spiro atoms. The number of halogens is 1. The van der Waals surface area contributed by atoms with E-state index >= 15 is 0 Å². The molecule has 1 aromatic rings. The zero-order valence-electron chi connectivity index (χ0n) is 5.75. The summed E-state index contributed by atoms with van der Waals surface area (Å²) in [6.45, 7) is 0. The second-order valence-electron chi connectivity index (χ2n) is 2.73. The lowest BCUT2D eigenvalue weighted by atomic mass is 10.2. The maximum absolute atomic E-state index is 9.43. The summed E-state index contributed by atoms with van der Waals surface area (Å²) >= 11 is 7.23. The van der Waals surface area contributed by atoms with Crippen LogP contribution in [0.15, 0.2) is 6.07 Å². The fourth-order valence-corrected chi connectivity index (χ4v) is 2.73. The number of nitrogens with two attached hydrogens (primary N) is 1. The number of hydrogen-bond donors (Lipinski definition) is 2. The van der Waals surface area contributed by atoms with Crippen molar-refractivity contribution in [1.29, 1.82) is 0 Å². The average molecular weight is 190 g/mol. The highest BCUT2D eigenvalue weighted by molar-refractivity contribution is 7.16. The highest BCUT2D eigenvalue weighted by Gasteiger charge is 2.29. The predicted molar refractivity (Wildman–Crippen MR) is 45.8 cm³/mol. The van der Waals surface area contributed by atoms with E-state index in [1.165, 1.54) is 11.3 Å². The van der Waals surface area contributed by atoms with E-state index in [0.29, 0.717) is 10.8 Å². The standard InChI is InChI=1S/C7H8ClNOS/c8-6-1-3-5(10)2-4(9)7(3)11-6/h1,4-5,10H,2,9H2. The van der Waals surface area contributed by atoms with Crippen molar-refractivity contribution in [3.8, 4) is 0 Å². The van der Waals surface area contributed by atoms with Gasteiger partial charge >= 0.3 is 0 Å². The molecule has 11 heavy (non-hydrogen) atoms. The van der Waals surface area contributed by atoms with Crippen molar-refractivity contribution in [2.24, 2.45) is 5.73 Å². The molecule has 0 amide bonds. The number of fused-ring (bicyclic) bond motifs is 1. The third-order valence-electron chi connectivity index (χ3n) is 1.93. The number of thiophene rings is 1. The zero-order valence-corrected chi connectivity index (χ0v) is 7.32. The van der Waals surface area contributed by atoms with Crippen molar-refractivity contribution in [1.82, 2.24) is 0 Å². The van der Waals surface area contributed by atoms with Crippen molar-refractivity contribution in [3.05, 3.63) is 20.8 Å². The van der Waals surface area contributed by atoms with Crippen molar-refractivity contribution < 1.29 is 5.11 Å². The Hall–Kier alpha value is -0.0900. The van der Waals surface area contributed by atoms with Gasteiger partial charge in [0.05, 0.1) is 10.4 Å². The maximum Gasteiger partial charge on any atom is 0.0935 e. The smallest absolute Gasteiger partial charge is 0.0935 e. The van der Waals surface area contributed by atoms with Gasteiger partial charge in [-0.05, 0) is 18.1 Å². The molecule has 60 valence electrons. The Morgan fingerprint density at radius 3 is 3.09 bits per heavy atom. The number of aliphatic hydroxyl groups excluding tert-OH is 1. The fourth-order valence-electron chi connectivity index (χ4n) is 1.41. The van der Waals surface area contributed by atoms with Crippen molar-refractivity contribution in [3.63, 3.8) is 0 Å². The summed E-state index contributed by atoms with van der Waals surface area (Å²) in [6.07, 6.45) is 0.238. The first kappa shape index (κ1) is 7.55. The molecule has 1 aliphatic rings. The molecule has 2 atom stereocenters. The summed E-state index contributed by atoms with van der Waals surface area (Å²) in [7, 11) is 0. The van der Waals surface area contributed by atoms with E-state index in [-0.39, 0.29) is 6.04 Å². The monoisotopic (exact) mass is 189 g/mol. The Labute approximate surface area is 73.6 Å². The third kappa shape index (κ3) is 1.08. The Balaban J connectivity index is 2.50. The van der Waals surface area contributed by atoms with Crippen LogP contribution in [0, 0.1) is 0 Å². The summed E-state index contributed by atoms with van der Waals surface area (Å²) in [6, 6.07) is 1.79. The van der Waals surface area contributed by atoms with Crippen LogP contribution in [0.1, 0.15) is 29.0 Å². The maximum atomic E-state index is 9.43. The molecule has 4 heteroatoms. The fraction of sp³-hybridized carbons (Fsp3) is 0.429. The van der Waals surface area contributed by atoms with Gasteiger partial charge < -0.3 is 10.8 Å². The highest BCUT2D eigenvalue weighted by atomic mass is 35.5. The van der Waals surface area contributed by atoms with Crippen LogP contribution < -0.4 is 5.73 Å². The second-order valence-corrected chi connectivity index (χ2v) is 4.44. The molecule has 0 aliphatic heterocycles. The van der Waals surface area contributed by atoms with E-state index < -0.39 is 6.10 Å². The van der Waals surface area contributed by atoms with Crippen LogP contribution >= 0.6 is 22.9 Å². The molecule has 0 bridgehead atoms. The van der Waals surface area contributed by atoms with Crippen molar-refractivity contribution in [2.75, 3.05) is 0 Å². The lowest BCUT2D eigenvalue weighted by molar-refractivity contribution is 0.173. The number of hydrogen-bond acceptors (Lipinski definition) is 3. The molecule has 1 aliphatic carbocycles. The Morgan fingerprint density at radius 2 is 2.45 bits per heavy atom. The molecular weight excluding hydrogens is 182 g/mol. The minimum Gasteiger partial charge on any atom is -0.388 e. The minimum atomic E-state index is -0.399. The van der Waals surface area contributed by atoms with E-state index in [4.69, 9.17) is 17.3 Å². The first-order valence-electron chi connectivity index (χ1n) is 3.41. The van der Waals surface area contributed by atoms with E-state index in [9.17, 15) is 5.11 Å². The topological polar surface area (TPSA) is 46.2 Å². The molecule has 1 aromatic heterocycles. The molecule has 2 nitrogen and oxygen atoms in total. The highest BCUT2D eigenvalue weighted by Crippen LogP contribution is 2.43. The van der Waals surface area contributed by atoms with Crippen LogP contribution in [-0.4, -0.2) is 5.11 Å². The van der Waals surface area contributed by atoms with Crippen LogP contribution in [0.4, 0.5) is 0 Å². The van der Waals surface area contributed by atoms with Gasteiger partial charge in [-0.3, -0.25) is 0 Å². The molecule has 2 unspecified atom stereocenters. The van der Waals surface area contributed by atoms with Gasteiger partial charge in [0.25, 0.3) is 0 Å². The summed E-state index contributed by atoms with van der Waals surface area (Å²) in [4.78, 5) is 1.04. The molecule has 3 N–H and O–H groups in total. The van der Waals surface area contributed by atoms with E-state index in [2.05, 4.69) is 0 Å². The summed E-state index contributed by atoms with van der Waals surface area (Å²) < 4.78 is 0.712. The van der Waals surface area contributed by atoms with Gasteiger partial charge in [0.15, 0.2) is 0 Å². The van der Waals surface area contributed by atoms with Crippen molar-refractivity contribution in [2.45, 2.75) is 18.6 Å². The quantitative estimate of drug-likeness (QED) is 0.654. The van der Waals surface area contributed by atoms with E-state index in [0.717, 1.165) is 10.4 Å². The number of aliphatic hydroxyl groups is 1. The van der Waals surface area contributed by atoms with Crippen LogP contribution in [0.3, 0.4) is 0 Å². The van der Waals surface area contributed by atoms with Crippen LogP contribution in [-0.2, 0) is 0 Å². The lowest BCUT2D eigenvalue weighted by Crippen LogP contribution is -2.04. The zero-order chi connectivity index (χ0) is 8.01. The van der Waals surface area contributed by atoms with Gasteiger partial charge in [-0.25, -0.2) is 0 Å². The van der Waals surface area contributed by atoms with Crippen LogP contribution in [0.2, 0.25) is 4.34 Å². The van der Waals surface area contributed by atoms with Gasteiger partial charge in [0.1, 0.15) is 0 Å². The van der Waals surface area contributed by atoms with Gasteiger partial charge in [0.2, 0.25) is 0 Å². The van der Waals surface area contributed by atoms with Crippen LogP contribution in [0.25, 0.3) is 0 Å². The summed E-state index contributed by atoms with van der Waals surface area (Å²) in [5.74, 6) is 0. The molecule has 0 radical (unpaired) electrons. The molecule has 0 aromatic carbocycles. The largest absolute Gasteiger partial charge is 0.388 e. The predicted octanol–water partition coefficient (Wildman–Crippen LogP) is 1.84. The molecular formula is C7H8ClNOS. The lowest BCUT2D eigenvalue weighted by Gasteiger charge is -2.00. The number of rotatable bonds is 0. The van der Waals surface area contributed by atoms with E-state index in [1.807, 2.05) is 0 Å². The second kappa shape index (κ2) is 2.45. The SMILES string of the molecule is NC1CC(O)c2cc(Cl)sc21. The summed E-state index contributed by atoms with van der Waals surface area (Å²) in [5, 5.41) is 9.43. The van der Waals surface area contributed by atoms with Crippen LogP contribution in [0.5, 0.6) is 0 Å². The Bertz CT molecular complexity index is 260. The van der Waals surface area contributed by atoms with Gasteiger partial charge in [-0.2, -0.15) is 0 Å². The minimum absolute atomic E-state index is 0.0162. The molecule has 0 saturated carbocycles. The molecule has 2 rings (SSSR count). The first-order valence-corrected chi connectivity index (χ1v) is 4.60. The van der Waals surface area contributed by atoms with Gasteiger partial charge in [-0.15, -0.1) is 11.3 Å². The Kier molecular flexibility index (Phi) is 1.68. The van der Waals surface area contributed by atoms with Crippen molar-refractivity contribution >= 4 is 22.9 Å². The summed E-state index contributed by atoms with van der Waals surface area (Å²) in [5.41, 5.74) is 6.67. The van der Waals surface area contributed by atoms with Gasteiger partial charge in [-0.1, -0.05) is 11.6 Å². The van der Waals surface area contributed by atoms with E-state index in [1.54, 1.807) is 6.07 Å². The molecule has 0 fully saturated rings. The van der Waals surface area contributed by atoms with Gasteiger partial charge in [0, 0.05) is 10.9 Å². The average Bonchev–Trinajstić information content (AvgIpc) is 2.38. The first-order chi connectivity index (χ1) is 5.18. The Morgan fingerprint density at radius 1 is 1.73 bits per heavy atom. The third-order valence-corrected chi connectivity index (χ3v) is 3.35. The molecule has 0 saturated heterocycles. The molecule has 1 heterocycles.